The molecule has 0 aliphatic carbocycles. The van der Waals surface area contributed by atoms with Gasteiger partial charge in [0.05, 0.1) is 11.2 Å². The number of hydrogen-bond donors (Lipinski definition) is 0. The van der Waals surface area contributed by atoms with Crippen LogP contribution in [0.1, 0.15) is 39.7 Å². The van der Waals surface area contributed by atoms with Crippen molar-refractivity contribution < 1.29 is 9.53 Å². The van der Waals surface area contributed by atoms with Gasteiger partial charge < -0.3 is 14.5 Å². The number of aromatic nitrogens is 1. The van der Waals surface area contributed by atoms with Crippen LogP contribution in [-0.4, -0.2) is 66.2 Å². The molecule has 0 saturated carbocycles. The van der Waals surface area contributed by atoms with Gasteiger partial charge in [0.1, 0.15) is 11.4 Å². The van der Waals surface area contributed by atoms with Crippen molar-refractivity contribution in [2.24, 2.45) is 5.92 Å². The molecule has 6 nitrogen and oxygen atoms in total. The largest absolute Gasteiger partial charge is 0.443 e. The van der Waals surface area contributed by atoms with Crippen molar-refractivity contribution in [3.8, 4) is 0 Å². The van der Waals surface area contributed by atoms with Gasteiger partial charge in [0.15, 0.2) is 0 Å². The quantitative estimate of drug-likeness (QED) is 0.708. The highest BCUT2D eigenvalue weighted by Gasteiger charge is 2.29. The molecule has 1 saturated heterocycles. The highest BCUT2D eigenvalue weighted by Crippen LogP contribution is 2.31. The summed E-state index contributed by atoms with van der Waals surface area (Å²) in [5, 5.41) is 1.11. The number of benzene rings is 1. The Morgan fingerprint density at radius 2 is 1.81 bits per heavy atom. The van der Waals surface area contributed by atoms with E-state index in [1.54, 1.807) is 4.90 Å². The number of carbonyl (C=O) groups is 1. The predicted octanol–water partition coefficient (Wildman–Crippen LogP) is 4.60. The number of ether oxygens (including phenoxy) is 1. The molecule has 2 aromatic rings. The molecule has 0 N–H and O–H groups in total. The minimum Gasteiger partial charge on any atom is -0.443 e. The Morgan fingerprint density at radius 1 is 1.10 bits per heavy atom. The van der Waals surface area contributed by atoms with E-state index in [4.69, 9.17) is 9.72 Å². The molecule has 2 aliphatic heterocycles. The van der Waals surface area contributed by atoms with E-state index in [1.807, 2.05) is 20.8 Å². The number of pyridine rings is 1. The predicted molar refractivity (Wildman–Crippen MR) is 126 cm³/mol. The smallest absolute Gasteiger partial charge is 0.414 e. The number of nitrogens with zero attached hydrogens (tertiary/aromatic N) is 4. The summed E-state index contributed by atoms with van der Waals surface area (Å²) in [5.74, 6) is 1.42. The zero-order valence-corrected chi connectivity index (χ0v) is 19.4. The Bertz CT molecular complexity index is 987. The molecule has 1 atom stereocenters. The molecule has 0 spiro atoms. The summed E-state index contributed by atoms with van der Waals surface area (Å²) in [6.45, 7) is 12.6. The van der Waals surface area contributed by atoms with Gasteiger partial charge in [-0.05, 0) is 58.4 Å². The van der Waals surface area contributed by atoms with Gasteiger partial charge in [-0.25, -0.2) is 9.78 Å². The molecule has 1 fully saturated rings. The van der Waals surface area contributed by atoms with E-state index in [0.29, 0.717) is 12.5 Å². The zero-order valence-electron chi connectivity index (χ0n) is 19.4. The summed E-state index contributed by atoms with van der Waals surface area (Å²) in [7, 11) is 2.16. The molecule has 4 rings (SSSR count). The average Bonchev–Trinajstić information content (AvgIpc) is 2.72. The Kier molecular flexibility index (Phi) is 5.93. The van der Waals surface area contributed by atoms with Crippen LogP contribution in [0.25, 0.3) is 16.6 Å². The van der Waals surface area contributed by atoms with Gasteiger partial charge in [-0.1, -0.05) is 25.1 Å². The molecule has 1 aromatic heterocycles. The molecule has 2 aliphatic rings. The fraction of sp³-hybridized carbons (Fsp3) is 0.520. The number of anilines is 1. The summed E-state index contributed by atoms with van der Waals surface area (Å²) >= 11 is 0. The minimum absolute atomic E-state index is 0.287. The number of allylic oxidation sites excluding steroid dienone is 1. The molecule has 31 heavy (non-hydrogen) atoms. The summed E-state index contributed by atoms with van der Waals surface area (Å²) in [5.41, 5.74) is 2.36. The molecule has 0 bridgehead atoms. The maximum absolute atomic E-state index is 12.9. The molecular weight excluding hydrogens is 388 g/mol. The lowest BCUT2D eigenvalue weighted by atomic mass is 9.98. The zero-order chi connectivity index (χ0) is 22.2. The molecule has 3 heterocycles. The second kappa shape index (κ2) is 8.50. The minimum atomic E-state index is -0.523. The molecular formula is C25H34N4O2. The Labute approximate surface area is 185 Å². The monoisotopic (exact) mass is 422 g/mol. The summed E-state index contributed by atoms with van der Waals surface area (Å²) < 4.78 is 5.69. The summed E-state index contributed by atoms with van der Waals surface area (Å²) in [6.07, 6.45) is 2.81. The number of likely N-dealkylation sites (N-methyl/N-ethyl adjacent to an activating group) is 1. The van der Waals surface area contributed by atoms with Crippen LogP contribution < -0.4 is 4.90 Å². The third kappa shape index (κ3) is 5.01. The van der Waals surface area contributed by atoms with Gasteiger partial charge >= 0.3 is 6.09 Å². The second-order valence-corrected chi connectivity index (χ2v) is 9.89. The number of hydrogen-bond acceptors (Lipinski definition) is 5. The van der Waals surface area contributed by atoms with Crippen LogP contribution in [0.5, 0.6) is 0 Å². The van der Waals surface area contributed by atoms with E-state index in [0.717, 1.165) is 60.6 Å². The van der Waals surface area contributed by atoms with Crippen LogP contribution in [0.3, 0.4) is 0 Å². The van der Waals surface area contributed by atoms with Crippen LogP contribution in [0.2, 0.25) is 0 Å². The molecule has 166 valence electrons. The van der Waals surface area contributed by atoms with Crippen molar-refractivity contribution in [2.75, 3.05) is 44.7 Å². The topological polar surface area (TPSA) is 48.9 Å². The normalized spacial score (nSPS) is 20.7. The van der Waals surface area contributed by atoms with Crippen molar-refractivity contribution in [1.29, 1.82) is 0 Å². The van der Waals surface area contributed by atoms with Crippen molar-refractivity contribution in [1.82, 2.24) is 14.8 Å². The van der Waals surface area contributed by atoms with E-state index in [1.165, 1.54) is 0 Å². The van der Waals surface area contributed by atoms with Crippen molar-refractivity contribution in [3.63, 3.8) is 0 Å². The van der Waals surface area contributed by atoms with E-state index in [2.05, 4.69) is 60.2 Å². The second-order valence-electron chi connectivity index (χ2n) is 9.89. The summed E-state index contributed by atoms with van der Waals surface area (Å²) in [6, 6.07) is 10.5. The van der Waals surface area contributed by atoms with Crippen LogP contribution in [0, 0.1) is 5.92 Å². The van der Waals surface area contributed by atoms with Gasteiger partial charge in [-0.3, -0.25) is 4.90 Å². The molecule has 0 unspecified atom stereocenters. The fourth-order valence-corrected chi connectivity index (χ4v) is 4.15. The number of amides is 1. The SMILES string of the molecule is C[C@H]1CC=C(c2ccc3ccc(N4CCN(C)CC4)nc3c2)N(C(=O)OC(C)(C)C)C1. The maximum atomic E-state index is 12.9. The van der Waals surface area contributed by atoms with Crippen LogP contribution >= 0.6 is 0 Å². The van der Waals surface area contributed by atoms with Gasteiger partial charge in [-0.15, -0.1) is 0 Å². The third-order valence-corrected chi connectivity index (χ3v) is 5.91. The van der Waals surface area contributed by atoms with Gasteiger partial charge in [0.25, 0.3) is 0 Å². The fourth-order valence-electron chi connectivity index (χ4n) is 4.15. The van der Waals surface area contributed by atoms with Crippen molar-refractivity contribution in [3.05, 3.63) is 42.0 Å². The Hall–Kier alpha value is -2.60. The van der Waals surface area contributed by atoms with Crippen LogP contribution in [-0.2, 0) is 4.74 Å². The van der Waals surface area contributed by atoms with E-state index < -0.39 is 5.60 Å². The molecule has 1 amide bonds. The lowest BCUT2D eigenvalue weighted by Crippen LogP contribution is -2.44. The molecule has 1 aromatic carbocycles. The first-order chi connectivity index (χ1) is 14.7. The van der Waals surface area contributed by atoms with Gasteiger partial charge in [0.2, 0.25) is 0 Å². The van der Waals surface area contributed by atoms with E-state index in [-0.39, 0.29) is 6.09 Å². The highest BCUT2D eigenvalue weighted by molar-refractivity contribution is 5.88. The van der Waals surface area contributed by atoms with E-state index in [9.17, 15) is 4.79 Å². The molecule has 6 heteroatoms. The van der Waals surface area contributed by atoms with Crippen molar-refractivity contribution >= 4 is 28.5 Å². The number of carbonyl (C=O) groups excluding carboxylic acids is 1. The lowest BCUT2D eigenvalue weighted by molar-refractivity contribution is 0.0327. The highest BCUT2D eigenvalue weighted by atomic mass is 16.6. The first-order valence-corrected chi connectivity index (χ1v) is 11.2. The van der Waals surface area contributed by atoms with Crippen molar-refractivity contribution in [2.45, 2.75) is 39.7 Å². The third-order valence-electron chi connectivity index (χ3n) is 5.91. The number of fused-ring (bicyclic) bond motifs is 1. The maximum Gasteiger partial charge on any atom is 0.414 e. The Balaban J connectivity index is 1.64. The van der Waals surface area contributed by atoms with Gasteiger partial charge in [0, 0.05) is 43.7 Å². The summed E-state index contributed by atoms with van der Waals surface area (Å²) in [4.78, 5) is 24.4. The first kappa shape index (κ1) is 21.6. The Morgan fingerprint density at radius 3 is 2.52 bits per heavy atom. The lowest BCUT2D eigenvalue weighted by Gasteiger charge is -2.34. The average molecular weight is 423 g/mol. The van der Waals surface area contributed by atoms with Gasteiger partial charge in [-0.2, -0.15) is 0 Å². The standard InChI is InChI=1S/C25H34N4O2/c1-18-6-10-22(29(17-18)24(30)31-25(2,3)4)20-8-7-19-9-11-23(26-21(19)16-20)28-14-12-27(5)13-15-28/h7-11,16,18H,6,12-15,17H2,1-5H3/t18-/m0/s1. The number of rotatable bonds is 2. The molecule has 0 radical (unpaired) electrons. The van der Waals surface area contributed by atoms with Crippen LogP contribution in [0.15, 0.2) is 36.4 Å². The number of piperazine rings is 1. The first-order valence-electron chi connectivity index (χ1n) is 11.2. The van der Waals surface area contributed by atoms with Crippen LogP contribution in [0.4, 0.5) is 10.6 Å². The van der Waals surface area contributed by atoms with E-state index >= 15 is 0 Å².